The number of allylic oxidation sites excluding steroid dienone is 2. The summed E-state index contributed by atoms with van der Waals surface area (Å²) in [4.78, 5) is 0. The minimum absolute atomic E-state index is 0.394. The molecule has 3 aliphatic rings. The Morgan fingerprint density at radius 2 is 0.565 bits per heavy atom. The Balaban J connectivity index is 0.704. The number of hydrogen-bond acceptors (Lipinski definition) is 2. The molecule has 3 N–H and O–H groups in total. The first-order valence-electron chi connectivity index (χ1n) is 37.2. The third-order valence-electron chi connectivity index (χ3n) is 23.8. The second kappa shape index (κ2) is 23.7. The number of aromatic nitrogens is 3. The van der Waals surface area contributed by atoms with Gasteiger partial charge in [-0.05, 0) is 209 Å². The molecule has 19 aromatic rings. The van der Waals surface area contributed by atoms with Gasteiger partial charge in [0.25, 0.3) is 0 Å². The van der Waals surface area contributed by atoms with Crippen molar-refractivity contribution in [2.75, 3.05) is 0 Å². The number of para-hydroxylation sites is 2. The van der Waals surface area contributed by atoms with E-state index in [2.05, 4.69) is 366 Å². The lowest BCUT2D eigenvalue weighted by atomic mass is 9.67. The van der Waals surface area contributed by atoms with Gasteiger partial charge in [-0.25, -0.2) is 0 Å². The predicted molar refractivity (Wildman–Crippen MR) is 449 cm³/mol. The molecule has 0 amide bonds. The van der Waals surface area contributed by atoms with Gasteiger partial charge in [-0.2, -0.15) is 0 Å². The van der Waals surface area contributed by atoms with Crippen LogP contribution in [0.3, 0.4) is 0 Å². The van der Waals surface area contributed by atoms with Gasteiger partial charge < -0.3 is 24.8 Å². The molecule has 0 bridgehead atoms. The molecule has 3 heterocycles. The van der Waals surface area contributed by atoms with Crippen molar-refractivity contribution in [1.82, 2.24) is 13.7 Å². The number of fused-ring (bicyclic) bond motifs is 16. The zero-order chi connectivity index (χ0) is 71.3. The van der Waals surface area contributed by atoms with Crippen LogP contribution in [0.1, 0.15) is 61.2 Å². The third kappa shape index (κ3) is 8.78. The quantitative estimate of drug-likeness (QED) is 0.141. The lowest BCUT2D eigenvalue weighted by Crippen LogP contribution is -2.28. The first-order valence-corrected chi connectivity index (χ1v) is 37.2. The van der Waals surface area contributed by atoms with Gasteiger partial charge in [-0.15, -0.1) is 0 Å². The van der Waals surface area contributed by atoms with Crippen LogP contribution in [-0.2, 0) is 10.8 Å². The molecule has 5 heteroatoms. The molecular weight excluding hydrogens is 1310 g/mol. The Hall–Kier alpha value is -14.1. The summed E-state index contributed by atoms with van der Waals surface area (Å²) in [6, 6.07) is 139. The van der Waals surface area contributed by atoms with Gasteiger partial charge in [0.2, 0.25) is 0 Å². The highest BCUT2D eigenvalue weighted by Gasteiger charge is 2.48. The van der Waals surface area contributed by atoms with Gasteiger partial charge in [0, 0.05) is 60.6 Å². The maximum absolute atomic E-state index is 9.19. The minimum atomic E-state index is -0.533. The van der Waals surface area contributed by atoms with Gasteiger partial charge >= 0.3 is 0 Å². The van der Waals surface area contributed by atoms with Gasteiger partial charge in [0.15, 0.2) is 0 Å². The van der Waals surface area contributed by atoms with Crippen LogP contribution in [0, 0.1) is 5.41 Å². The Kier molecular flexibility index (Phi) is 13.5. The van der Waals surface area contributed by atoms with Crippen molar-refractivity contribution >= 4 is 88.5 Å². The minimum Gasteiger partial charge on any atom is -0.398 e. The van der Waals surface area contributed by atoms with Crippen molar-refractivity contribution in [3.8, 4) is 61.6 Å². The third-order valence-corrected chi connectivity index (χ3v) is 23.8. The molecule has 0 radical (unpaired) electrons. The van der Waals surface area contributed by atoms with Crippen molar-refractivity contribution in [2.45, 2.75) is 10.8 Å². The summed E-state index contributed by atoms with van der Waals surface area (Å²) in [6.45, 7) is 0. The standard InChI is InChI=1S/C103H67N5/c104-93-53-42-70-58-75(47-50-78(70)100(93)101(105)65-24-6-1-7-25-65)106-98-56-45-68(66-43-54-96-85(59-66)83-36-18-22-40-94(83)107(96)76-48-51-81-79-34-16-20-38-89(79)102(91(81)63-76,71-26-8-2-9-27-71)72-28-10-3-11-29-72)61-87(98)88-62-69(46-57-99(88)106)67-44-55-97-86(60-67)84-37-19-23-41-95(84)108(97)77-49-52-82-80-35-17-21-39-90(80)103(92(82)64-77,73-30-12-4-13-31-73)74-32-14-5-15-33-74/h1-64,104H,105H2/b101-100-,104-93?. The van der Waals surface area contributed by atoms with Crippen LogP contribution < -0.4 is 5.73 Å². The van der Waals surface area contributed by atoms with Crippen molar-refractivity contribution < 1.29 is 0 Å². The predicted octanol–water partition coefficient (Wildman–Crippen LogP) is 24.9. The Morgan fingerprint density at radius 1 is 0.250 bits per heavy atom. The van der Waals surface area contributed by atoms with Crippen molar-refractivity contribution in [1.29, 1.82) is 5.41 Å². The fourth-order valence-corrected chi connectivity index (χ4v) is 19.2. The molecule has 16 aromatic carbocycles. The van der Waals surface area contributed by atoms with E-state index in [4.69, 9.17) is 5.73 Å². The lowest BCUT2D eigenvalue weighted by molar-refractivity contribution is 0.767. The average Bonchev–Trinajstić information content (AvgIpc) is 1.53. The average molecular weight is 1370 g/mol. The maximum Gasteiger partial charge on any atom is 0.0714 e. The van der Waals surface area contributed by atoms with Crippen LogP contribution in [0.4, 0.5) is 0 Å². The summed E-state index contributed by atoms with van der Waals surface area (Å²) in [5.41, 5.74) is 40.3. The van der Waals surface area contributed by atoms with E-state index >= 15 is 0 Å². The topological polar surface area (TPSA) is 64.7 Å². The highest BCUT2D eigenvalue weighted by atomic mass is 15.0. The number of benzene rings is 16. The zero-order valence-corrected chi connectivity index (χ0v) is 58.9. The van der Waals surface area contributed by atoms with E-state index in [1.807, 2.05) is 36.4 Å². The molecule has 0 spiro atoms. The summed E-state index contributed by atoms with van der Waals surface area (Å²) in [6.07, 6.45) is 3.94. The second-order valence-electron chi connectivity index (χ2n) is 29.2. The summed E-state index contributed by atoms with van der Waals surface area (Å²) in [5.74, 6) is 0. The molecule has 22 rings (SSSR count). The maximum atomic E-state index is 9.19. The van der Waals surface area contributed by atoms with E-state index < -0.39 is 10.8 Å². The summed E-state index contributed by atoms with van der Waals surface area (Å²) < 4.78 is 7.37. The van der Waals surface area contributed by atoms with Crippen molar-refractivity contribution in [2.24, 2.45) is 5.73 Å². The monoisotopic (exact) mass is 1370 g/mol. The second-order valence-corrected chi connectivity index (χ2v) is 29.2. The van der Waals surface area contributed by atoms with E-state index in [0.29, 0.717) is 11.4 Å². The zero-order valence-electron chi connectivity index (χ0n) is 58.9. The van der Waals surface area contributed by atoms with Crippen LogP contribution in [0.25, 0.3) is 144 Å². The van der Waals surface area contributed by atoms with Gasteiger partial charge in [-0.3, -0.25) is 0 Å². The number of hydrogen-bond donors (Lipinski definition) is 2. The van der Waals surface area contributed by atoms with Crippen LogP contribution in [0.15, 0.2) is 382 Å². The summed E-state index contributed by atoms with van der Waals surface area (Å²) >= 11 is 0. The molecule has 5 nitrogen and oxygen atoms in total. The molecule has 0 aliphatic heterocycles. The molecule has 504 valence electrons. The summed E-state index contributed by atoms with van der Waals surface area (Å²) in [5, 5.41) is 16.3. The lowest BCUT2D eigenvalue weighted by Gasteiger charge is -2.34. The largest absolute Gasteiger partial charge is 0.398 e. The number of nitrogens with one attached hydrogen (secondary N) is 1. The van der Waals surface area contributed by atoms with Crippen LogP contribution in [-0.4, -0.2) is 19.4 Å². The van der Waals surface area contributed by atoms with Crippen LogP contribution in [0.5, 0.6) is 0 Å². The number of nitrogens with two attached hydrogens (primary N) is 1. The van der Waals surface area contributed by atoms with Gasteiger partial charge in [0.05, 0.1) is 49.6 Å². The van der Waals surface area contributed by atoms with E-state index in [1.165, 1.54) is 88.3 Å². The van der Waals surface area contributed by atoms with Crippen LogP contribution >= 0.6 is 0 Å². The molecular formula is C103H67N5. The fraction of sp³-hybridized carbons (Fsp3) is 0.0194. The fourth-order valence-electron chi connectivity index (χ4n) is 19.2. The molecule has 3 aromatic heterocycles. The normalized spacial score (nSPS) is 14.2. The molecule has 0 atom stereocenters. The highest BCUT2D eigenvalue weighted by Crippen LogP contribution is 2.59. The Morgan fingerprint density at radius 3 is 0.972 bits per heavy atom. The first kappa shape index (κ1) is 61.4. The molecule has 0 unspecified atom stereocenters. The highest BCUT2D eigenvalue weighted by molar-refractivity contribution is 6.36. The summed E-state index contributed by atoms with van der Waals surface area (Å²) in [7, 11) is 0. The molecule has 0 fully saturated rings. The number of nitrogens with zero attached hydrogens (tertiary/aromatic N) is 3. The van der Waals surface area contributed by atoms with Gasteiger partial charge in [0.1, 0.15) is 0 Å². The van der Waals surface area contributed by atoms with Crippen LogP contribution in [0.2, 0.25) is 0 Å². The van der Waals surface area contributed by atoms with E-state index in [0.717, 1.165) is 105 Å². The van der Waals surface area contributed by atoms with E-state index in [1.54, 1.807) is 0 Å². The first-order chi connectivity index (χ1) is 53.4. The SMILES string of the molecule is N=C1C=Cc2cc(-n3c4ccc(-c5ccc6c(c5)c5ccccc5n6-c5ccc6c(c5)C(c5ccccc5)(c5ccccc5)c5ccccc5-6)cc4c4cc(-c5ccc6c(c5)c5ccccc5n6-c5ccc6c(c5)C(c5ccccc5)(c5ccccc5)c5ccccc5-6)ccc43)ccc2/C1=C(/N)c1ccccc1. The number of rotatable bonds is 10. The van der Waals surface area contributed by atoms with E-state index in [-0.39, 0.29) is 0 Å². The molecule has 108 heavy (non-hydrogen) atoms. The molecule has 0 saturated carbocycles. The molecule has 0 saturated heterocycles. The smallest absolute Gasteiger partial charge is 0.0714 e. The van der Waals surface area contributed by atoms with Crippen molar-refractivity contribution in [3.63, 3.8) is 0 Å². The Bertz CT molecular complexity index is 6610. The Labute approximate surface area is 625 Å². The molecule has 3 aliphatic carbocycles. The van der Waals surface area contributed by atoms with Gasteiger partial charge in [-0.1, -0.05) is 285 Å². The van der Waals surface area contributed by atoms with E-state index in [9.17, 15) is 5.41 Å². The van der Waals surface area contributed by atoms with Crippen molar-refractivity contribution in [3.05, 3.63) is 443 Å².